The van der Waals surface area contributed by atoms with Crippen LogP contribution in [0.3, 0.4) is 0 Å². The van der Waals surface area contributed by atoms with Crippen molar-refractivity contribution < 1.29 is 19.8 Å². The van der Waals surface area contributed by atoms with Crippen LogP contribution in [0, 0.1) is 6.92 Å². The normalized spacial score (nSPS) is 10.6. The van der Waals surface area contributed by atoms with Crippen molar-refractivity contribution in [3.05, 3.63) is 58.7 Å². The summed E-state index contributed by atoms with van der Waals surface area (Å²) in [6.07, 6.45) is 0. The van der Waals surface area contributed by atoms with E-state index in [2.05, 4.69) is 20.8 Å². The maximum Gasteiger partial charge on any atom is 0.335 e. The molecule has 0 heterocycles. The fourth-order valence-corrected chi connectivity index (χ4v) is 1.95. The molecule has 0 aromatic heterocycles. The van der Waals surface area contributed by atoms with E-state index in [0.717, 1.165) is 16.9 Å². The van der Waals surface area contributed by atoms with E-state index < -0.39 is 11.9 Å². The van der Waals surface area contributed by atoms with Crippen molar-refractivity contribution in [2.75, 3.05) is 11.5 Å². The molecule has 6 N–H and O–H groups in total. The second-order valence-electron chi connectivity index (χ2n) is 6.72. The lowest BCUT2D eigenvalue weighted by atomic mass is 9.86. The quantitative estimate of drug-likeness (QED) is 0.617. The smallest absolute Gasteiger partial charge is 0.335 e. The summed E-state index contributed by atoms with van der Waals surface area (Å²) in [4.78, 5) is 20.7. The molecule has 2 rings (SSSR count). The van der Waals surface area contributed by atoms with Crippen LogP contribution in [0.4, 0.5) is 11.4 Å². The van der Waals surface area contributed by atoms with Crippen LogP contribution in [-0.4, -0.2) is 22.2 Å². The minimum Gasteiger partial charge on any atom is -0.478 e. The third kappa shape index (κ3) is 5.53. The van der Waals surface area contributed by atoms with E-state index in [-0.39, 0.29) is 16.5 Å². The van der Waals surface area contributed by atoms with Crippen LogP contribution in [-0.2, 0) is 5.41 Å². The number of carboxylic acids is 2. The summed E-state index contributed by atoms with van der Waals surface area (Å²) in [6, 6.07) is 9.03. The summed E-state index contributed by atoms with van der Waals surface area (Å²) in [6.45, 7) is 8.39. The highest BCUT2D eigenvalue weighted by Crippen LogP contribution is 2.29. The van der Waals surface area contributed by atoms with Gasteiger partial charge >= 0.3 is 11.9 Å². The number of anilines is 2. The summed E-state index contributed by atoms with van der Waals surface area (Å²) in [7, 11) is 0. The average Bonchev–Trinajstić information content (AvgIpc) is 2.51. The number of hydrogen-bond acceptors (Lipinski definition) is 4. The molecule has 0 spiro atoms. The van der Waals surface area contributed by atoms with Gasteiger partial charge in [0.05, 0.1) is 11.1 Å². The van der Waals surface area contributed by atoms with Gasteiger partial charge in [0.25, 0.3) is 0 Å². The van der Waals surface area contributed by atoms with Gasteiger partial charge in [-0.15, -0.1) is 0 Å². The first-order valence-electron chi connectivity index (χ1n) is 7.66. The molecule has 0 aliphatic heterocycles. The first-order chi connectivity index (χ1) is 11.4. The summed E-state index contributed by atoms with van der Waals surface area (Å²) in [5, 5.41) is 16.9. The predicted molar refractivity (Wildman–Crippen MR) is 99.1 cm³/mol. The Morgan fingerprint density at radius 3 is 1.40 bits per heavy atom. The zero-order valence-corrected chi connectivity index (χ0v) is 14.8. The second-order valence-corrected chi connectivity index (χ2v) is 6.72. The highest BCUT2D eigenvalue weighted by Gasteiger charge is 2.15. The minimum absolute atomic E-state index is 0.0833. The molecule has 0 atom stereocenters. The average molecular weight is 344 g/mol. The highest BCUT2D eigenvalue weighted by atomic mass is 16.4. The van der Waals surface area contributed by atoms with Gasteiger partial charge in [-0.05, 0) is 59.9 Å². The van der Waals surface area contributed by atoms with Gasteiger partial charge in [-0.2, -0.15) is 0 Å². The second kappa shape index (κ2) is 7.70. The molecule has 25 heavy (non-hydrogen) atoms. The van der Waals surface area contributed by atoms with Crippen LogP contribution < -0.4 is 11.5 Å². The monoisotopic (exact) mass is 344 g/mol. The molecule has 134 valence electrons. The van der Waals surface area contributed by atoms with Crippen LogP contribution >= 0.6 is 0 Å². The lowest BCUT2D eigenvalue weighted by Gasteiger charge is -2.21. The van der Waals surface area contributed by atoms with Crippen molar-refractivity contribution in [3.63, 3.8) is 0 Å². The fourth-order valence-electron chi connectivity index (χ4n) is 1.95. The van der Waals surface area contributed by atoms with E-state index in [0.29, 0.717) is 0 Å². The van der Waals surface area contributed by atoms with Crippen LogP contribution in [0.25, 0.3) is 0 Å². The molecule has 2 aromatic carbocycles. The minimum atomic E-state index is -1.06. The number of benzene rings is 2. The molecule has 0 fully saturated rings. The van der Waals surface area contributed by atoms with E-state index >= 15 is 0 Å². The largest absolute Gasteiger partial charge is 0.478 e. The Bertz CT molecular complexity index is 719. The van der Waals surface area contributed by atoms with Gasteiger partial charge in [0.1, 0.15) is 0 Å². The zero-order valence-electron chi connectivity index (χ0n) is 14.8. The summed E-state index contributed by atoms with van der Waals surface area (Å²) in [5.41, 5.74) is 15.7. The lowest BCUT2D eigenvalue weighted by Crippen LogP contribution is -2.12. The SMILES string of the molecule is Cc1c(N)cc(C(C)(C)C)cc1N.O=C(O)c1ccc(C(=O)O)cc1. The fraction of sp³-hybridized carbons (Fsp3) is 0.263. The van der Waals surface area contributed by atoms with Crippen LogP contribution in [0.2, 0.25) is 0 Å². The van der Waals surface area contributed by atoms with E-state index in [9.17, 15) is 9.59 Å². The van der Waals surface area contributed by atoms with Crippen molar-refractivity contribution in [1.82, 2.24) is 0 Å². The molecule has 0 saturated carbocycles. The van der Waals surface area contributed by atoms with Gasteiger partial charge < -0.3 is 21.7 Å². The maximum atomic E-state index is 10.3. The Kier molecular flexibility index (Phi) is 6.17. The summed E-state index contributed by atoms with van der Waals surface area (Å²) < 4.78 is 0. The molecule has 0 amide bonds. The van der Waals surface area contributed by atoms with Crippen LogP contribution in [0.15, 0.2) is 36.4 Å². The molecular formula is C19H24N2O4. The number of carbonyl (C=O) groups is 2. The molecule has 0 bridgehead atoms. The molecule has 2 aromatic rings. The molecule has 6 nitrogen and oxygen atoms in total. The van der Waals surface area contributed by atoms with E-state index in [1.807, 2.05) is 19.1 Å². The first kappa shape index (κ1) is 20.0. The Balaban J connectivity index is 0.000000251. The Morgan fingerprint density at radius 2 is 1.16 bits per heavy atom. The van der Waals surface area contributed by atoms with Crippen molar-refractivity contribution in [2.45, 2.75) is 33.1 Å². The third-order valence-corrected chi connectivity index (χ3v) is 3.73. The van der Waals surface area contributed by atoms with Gasteiger partial charge in [0.2, 0.25) is 0 Å². The van der Waals surface area contributed by atoms with Gasteiger partial charge in [0.15, 0.2) is 0 Å². The van der Waals surface area contributed by atoms with Crippen LogP contribution in [0.5, 0.6) is 0 Å². The van der Waals surface area contributed by atoms with Gasteiger partial charge in [0, 0.05) is 11.4 Å². The maximum absolute atomic E-state index is 10.3. The number of rotatable bonds is 2. The molecule has 0 aliphatic rings. The Labute approximate surface area is 147 Å². The van der Waals surface area contributed by atoms with Crippen molar-refractivity contribution in [3.8, 4) is 0 Å². The number of hydrogen-bond donors (Lipinski definition) is 4. The molecule has 0 unspecified atom stereocenters. The lowest BCUT2D eigenvalue weighted by molar-refractivity contribution is 0.0681. The van der Waals surface area contributed by atoms with E-state index in [4.69, 9.17) is 21.7 Å². The number of carboxylic acid groups (broad SMARTS) is 2. The van der Waals surface area contributed by atoms with Gasteiger partial charge in [-0.3, -0.25) is 0 Å². The van der Waals surface area contributed by atoms with Gasteiger partial charge in [-0.1, -0.05) is 20.8 Å². The molecule has 0 aliphatic carbocycles. The number of nitrogen functional groups attached to an aromatic ring is 2. The standard InChI is InChI=1S/C11H18N2.C8H6O4/c1-7-9(12)5-8(6-10(7)13)11(2,3)4;9-7(10)5-1-2-6(4-3-5)8(11)12/h5-6H,12-13H2,1-4H3;1-4H,(H,9,10)(H,11,12). The molecule has 0 saturated heterocycles. The summed E-state index contributed by atoms with van der Waals surface area (Å²) in [5.74, 6) is -2.13. The van der Waals surface area contributed by atoms with Crippen LogP contribution in [0.1, 0.15) is 52.6 Å². The Hall–Kier alpha value is -3.02. The Morgan fingerprint density at radius 1 is 0.840 bits per heavy atom. The molecule has 0 radical (unpaired) electrons. The van der Waals surface area contributed by atoms with E-state index in [1.54, 1.807) is 0 Å². The topological polar surface area (TPSA) is 127 Å². The highest BCUT2D eigenvalue weighted by molar-refractivity contribution is 5.91. The number of nitrogens with two attached hydrogens (primary N) is 2. The van der Waals surface area contributed by atoms with Crippen molar-refractivity contribution in [1.29, 1.82) is 0 Å². The molecule has 6 heteroatoms. The zero-order chi connectivity index (χ0) is 19.4. The van der Waals surface area contributed by atoms with E-state index in [1.165, 1.54) is 29.8 Å². The first-order valence-corrected chi connectivity index (χ1v) is 7.66. The van der Waals surface area contributed by atoms with Crippen molar-refractivity contribution >= 4 is 23.3 Å². The number of aromatic carboxylic acids is 2. The van der Waals surface area contributed by atoms with Gasteiger partial charge in [-0.25, -0.2) is 9.59 Å². The summed E-state index contributed by atoms with van der Waals surface area (Å²) >= 11 is 0. The predicted octanol–water partition coefficient (Wildman–Crippen LogP) is 3.54. The molecular weight excluding hydrogens is 320 g/mol. The third-order valence-electron chi connectivity index (χ3n) is 3.73. The van der Waals surface area contributed by atoms with Crippen molar-refractivity contribution in [2.24, 2.45) is 0 Å².